The molecule has 3 aliphatic rings. The van der Waals surface area contributed by atoms with E-state index in [-0.39, 0.29) is 41.5 Å². The lowest BCUT2D eigenvalue weighted by Gasteiger charge is -2.39. The Morgan fingerprint density at radius 2 is 1.00 bits per heavy atom. The lowest BCUT2D eigenvalue weighted by molar-refractivity contribution is -0.0968. The Balaban J connectivity index is 0.000000263. The van der Waals surface area contributed by atoms with E-state index < -0.39 is 18.3 Å². The first-order valence-corrected chi connectivity index (χ1v) is 13.7. The van der Waals surface area contributed by atoms with Gasteiger partial charge in [0.2, 0.25) is 0 Å². The maximum absolute atomic E-state index is 13.3. The summed E-state index contributed by atoms with van der Waals surface area (Å²) < 4.78 is 50.7. The first-order chi connectivity index (χ1) is 15.7. The van der Waals surface area contributed by atoms with Gasteiger partial charge in [-0.05, 0) is 101 Å². The molecule has 35 heavy (non-hydrogen) atoms. The SMILES string of the molecule is CC(C)(C)NC1CC(F)(F)C1.CC(C)(C)NC1CCC(F)CC1.CC(C)(C)NC1CCCCC1F. The van der Waals surface area contributed by atoms with Crippen molar-refractivity contribution in [2.24, 2.45) is 0 Å². The molecule has 3 N–H and O–H groups in total. The van der Waals surface area contributed by atoms with Crippen LogP contribution >= 0.6 is 0 Å². The molecule has 0 spiro atoms. The second-order valence-electron chi connectivity index (χ2n) is 14.0. The molecule has 0 bridgehead atoms. The van der Waals surface area contributed by atoms with E-state index in [0.717, 1.165) is 44.9 Å². The zero-order chi connectivity index (χ0) is 27.1. The van der Waals surface area contributed by atoms with Crippen LogP contribution in [-0.2, 0) is 0 Å². The van der Waals surface area contributed by atoms with E-state index in [1.54, 1.807) is 0 Å². The van der Waals surface area contributed by atoms with Crippen molar-refractivity contribution in [3.05, 3.63) is 0 Å². The first-order valence-electron chi connectivity index (χ1n) is 13.7. The average molecular weight is 510 g/mol. The minimum Gasteiger partial charge on any atom is -0.309 e. The van der Waals surface area contributed by atoms with Gasteiger partial charge in [0.15, 0.2) is 0 Å². The predicted octanol–water partition coefficient (Wildman–Crippen LogP) is 7.48. The van der Waals surface area contributed by atoms with E-state index >= 15 is 0 Å². The molecule has 3 fully saturated rings. The molecule has 3 rings (SSSR count). The fourth-order valence-corrected chi connectivity index (χ4v) is 4.99. The van der Waals surface area contributed by atoms with Crippen LogP contribution in [-0.4, -0.2) is 53.0 Å². The van der Waals surface area contributed by atoms with E-state index in [9.17, 15) is 17.6 Å². The van der Waals surface area contributed by atoms with Gasteiger partial charge in [0.25, 0.3) is 5.92 Å². The van der Waals surface area contributed by atoms with E-state index in [2.05, 4.69) is 57.5 Å². The molecule has 0 aromatic carbocycles. The van der Waals surface area contributed by atoms with Crippen molar-refractivity contribution in [1.29, 1.82) is 0 Å². The molecule has 2 unspecified atom stereocenters. The molecular formula is C28H55F4N3. The van der Waals surface area contributed by atoms with Crippen LogP contribution in [0.4, 0.5) is 17.6 Å². The van der Waals surface area contributed by atoms with Crippen LogP contribution in [0.5, 0.6) is 0 Å². The standard InChI is InChI=1S/2C10H20FN.C8H15F2N/c1-10(2,3)12-9-6-4-8(11)5-7-9;1-10(2,3)12-9-7-5-4-6-8(9)11;1-7(2,3)11-6-4-8(9,10)5-6/h2*8-9,12H,4-7H2,1-3H3;6,11H,4-5H2,1-3H3. The zero-order valence-corrected chi connectivity index (χ0v) is 24.0. The van der Waals surface area contributed by atoms with E-state index in [0.29, 0.717) is 6.04 Å². The Hall–Kier alpha value is -0.400. The van der Waals surface area contributed by atoms with Gasteiger partial charge in [-0.15, -0.1) is 0 Å². The summed E-state index contributed by atoms with van der Waals surface area (Å²) in [7, 11) is 0. The molecule has 0 radical (unpaired) electrons. The molecule has 0 aliphatic heterocycles. The van der Waals surface area contributed by atoms with E-state index in [1.165, 1.54) is 6.42 Å². The maximum atomic E-state index is 13.3. The Bertz CT molecular complexity index is 576. The summed E-state index contributed by atoms with van der Waals surface area (Å²) in [5.74, 6) is -2.40. The largest absolute Gasteiger partial charge is 0.309 e. The minimum absolute atomic E-state index is 0.00424. The predicted molar refractivity (Wildman–Crippen MR) is 141 cm³/mol. The van der Waals surface area contributed by atoms with Crippen LogP contribution < -0.4 is 16.0 Å². The number of halogens is 4. The van der Waals surface area contributed by atoms with Gasteiger partial charge in [-0.1, -0.05) is 12.8 Å². The van der Waals surface area contributed by atoms with Gasteiger partial charge in [0.05, 0.1) is 0 Å². The van der Waals surface area contributed by atoms with Gasteiger partial charge in [-0.3, -0.25) is 0 Å². The van der Waals surface area contributed by atoms with Crippen LogP contribution in [0.25, 0.3) is 0 Å². The first kappa shape index (κ1) is 32.6. The molecule has 7 heteroatoms. The molecule has 3 nitrogen and oxygen atoms in total. The third-order valence-corrected chi connectivity index (χ3v) is 6.32. The third kappa shape index (κ3) is 16.1. The number of alkyl halides is 4. The molecule has 0 aromatic heterocycles. The molecule has 3 aliphatic carbocycles. The summed E-state index contributed by atoms with van der Waals surface area (Å²) in [6, 6.07) is 0.653. The molecule has 2 atom stereocenters. The lowest BCUT2D eigenvalue weighted by Crippen LogP contribution is -2.54. The Morgan fingerprint density at radius 3 is 1.40 bits per heavy atom. The Kier molecular flexibility index (Phi) is 12.5. The van der Waals surface area contributed by atoms with Gasteiger partial charge in [-0.2, -0.15) is 0 Å². The van der Waals surface area contributed by atoms with Crippen LogP contribution in [0.15, 0.2) is 0 Å². The second kappa shape index (κ2) is 13.4. The molecule has 3 saturated carbocycles. The van der Waals surface area contributed by atoms with Gasteiger partial charge in [-0.25, -0.2) is 17.6 Å². The summed E-state index contributed by atoms with van der Waals surface area (Å²) in [5, 5.41) is 9.98. The van der Waals surface area contributed by atoms with Gasteiger partial charge < -0.3 is 16.0 Å². The zero-order valence-electron chi connectivity index (χ0n) is 24.0. The highest BCUT2D eigenvalue weighted by Crippen LogP contribution is 2.38. The van der Waals surface area contributed by atoms with Gasteiger partial charge >= 0.3 is 0 Å². The highest BCUT2D eigenvalue weighted by atomic mass is 19.3. The number of hydrogen-bond acceptors (Lipinski definition) is 3. The Morgan fingerprint density at radius 1 is 0.571 bits per heavy atom. The number of nitrogens with one attached hydrogen (secondary N) is 3. The minimum atomic E-state index is -2.40. The van der Waals surface area contributed by atoms with Crippen molar-refractivity contribution in [3.63, 3.8) is 0 Å². The fourth-order valence-electron chi connectivity index (χ4n) is 4.99. The van der Waals surface area contributed by atoms with Crippen LogP contribution in [0.1, 0.15) is 127 Å². The topological polar surface area (TPSA) is 36.1 Å². The summed E-state index contributed by atoms with van der Waals surface area (Å²) in [4.78, 5) is 0. The van der Waals surface area contributed by atoms with Crippen LogP contribution in [0.3, 0.4) is 0 Å². The van der Waals surface area contributed by atoms with Crippen molar-refractivity contribution in [2.75, 3.05) is 0 Å². The molecule has 0 saturated heterocycles. The number of hydrogen-bond donors (Lipinski definition) is 3. The van der Waals surface area contributed by atoms with Crippen LogP contribution in [0, 0.1) is 0 Å². The van der Waals surface area contributed by atoms with Crippen molar-refractivity contribution in [1.82, 2.24) is 16.0 Å². The average Bonchev–Trinajstić information content (AvgIpc) is 2.62. The van der Waals surface area contributed by atoms with Gasteiger partial charge in [0, 0.05) is 47.6 Å². The summed E-state index contributed by atoms with van der Waals surface area (Å²) in [5.41, 5.74) is 0.182. The smallest absolute Gasteiger partial charge is 0.251 e. The van der Waals surface area contributed by atoms with Crippen molar-refractivity contribution >= 4 is 0 Å². The molecule has 0 heterocycles. The van der Waals surface area contributed by atoms with Gasteiger partial charge in [0.1, 0.15) is 12.3 Å². The summed E-state index contributed by atoms with van der Waals surface area (Å²) in [6.45, 7) is 18.7. The molecule has 210 valence electrons. The van der Waals surface area contributed by atoms with Crippen molar-refractivity contribution in [2.45, 2.75) is 180 Å². The lowest BCUT2D eigenvalue weighted by atomic mass is 9.86. The molecular weight excluding hydrogens is 454 g/mol. The summed E-state index contributed by atoms with van der Waals surface area (Å²) in [6.07, 6.45) is 6.30. The molecule has 0 amide bonds. The highest BCUT2D eigenvalue weighted by Gasteiger charge is 2.46. The van der Waals surface area contributed by atoms with Crippen LogP contribution in [0.2, 0.25) is 0 Å². The third-order valence-electron chi connectivity index (χ3n) is 6.32. The second-order valence-corrected chi connectivity index (χ2v) is 14.0. The van der Waals surface area contributed by atoms with E-state index in [4.69, 9.17) is 0 Å². The quantitative estimate of drug-likeness (QED) is 0.345. The fraction of sp³-hybridized carbons (Fsp3) is 1.00. The van der Waals surface area contributed by atoms with Crippen molar-refractivity contribution in [3.8, 4) is 0 Å². The maximum Gasteiger partial charge on any atom is 0.251 e. The normalized spacial score (nSPS) is 29.7. The molecule has 0 aromatic rings. The summed E-state index contributed by atoms with van der Waals surface area (Å²) >= 11 is 0. The van der Waals surface area contributed by atoms with Crippen molar-refractivity contribution < 1.29 is 17.6 Å². The monoisotopic (exact) mass is 509 g/mol. The Labute approximate surface area is 213 Å². The number of rotatable bonds is 3. The van der Waals surface area contributed by atoms with E-state index in [1.807, 2.05) is 20.8 Å². The highest BCUT2D eigenvalue weighted by molar-refractivity contribution is 4.94.